The van der Waals surface area contributed by atoms with E-state index in [1.54, 1.807) is 6.20 Å². The first kappa shape index (κ1) is 11.3. The van der Waals surface area contributed by atoms with Crippen LogP contribution in [0.5, 0.6) is 0 Å². The van der Waals surface area contributed by atoms with E-state index in [1.165, 1.54) is 12.8 Å². The summed E-state index contributed by atoms with van der Waals surface area (Å²) in [6.07, 6.45) is 4.28. The molecular weight excluding hydrogens is 282 g/mol. The average Bonchev–Trinajstić information content (AvgIpc) is 2.93. The molecule has 2 N–H and O–H groups in total. The van der Waals surface area contributed by atoms with Crippen molar-refractivity contribution in [1.29, 1.82) is 0 Å². The Balaban J connectivity index is 1.71. The molecule has 0 radical (unpaired) electrons. The zero-order valence-corrected chi connectivity index (χ0v) is 11.2. The quantitative estimate of drug-likeness (QED) is 0.827. The molecule has 1 amide bonds. The van der Waals surface area contributed by atoms with Crippen LogP contribution < -0.4 is 5.32 Å². The molecule has 2 fully saturated rings. The molecule has 3 rings (SSSR count). The number of nitrogens with one attached hydrogen (secondary N) is 2. The van der Waals surface area contributed by atoms with Gasteiger partial charge in [0.2, 0.25) is 0 Å². The van der Waals surface area contributed by atoms with Gasteiger partial charge in [-0.15, -0.1) is 0 Å². The number of carbonyl (C=O) groups is 1. The molecule has 2 aliphatic rings. The maximum absolute atomic E-state index is 12.2. The lowest BCUT2D eigenvalue weighted by atomic mass is 9.94. The molecule has 2 atom stereocenters. The minimum Gasteiger partial charge on any atom is -0.356 e. The Bertz CT molecular complexity index is 417. The second kappa shape index (κ2) is 4.46. The third-order valence-corrected chi connectivity index (χ3v) is 4.22. The number of aromatic amines is 1. The molecule has 3 heterocycles. The minimum absolute atomic E-state index is 0.118. The van der Waals surface area contributed by atoms with E-state index in [9.17, 15) is 4.79 Å². The molecule has 0 aromatic carbocycles. The highest BCUT2D eigenvalue weighted by Crippen LogP contribution is 2.26. The number of fused-ring (bicyclic) bond motifs is 1. The van der Waals surface area contributed by atoms with Crippen molar-refractivity contribution >= 4 is 21.8 Å². The second-order valence-corrected chi connectivity index (χ2v) is 5.82. The number of hydrogen-bond acceptors (Lipinski definition) is 2. The van der Waals surface area contributed by atoms with Crippen LogP contribution >= 0.6 is 15.9 Å². The van der Waals surface area contributed by atoms with Gasteiger partial charge in [0.25, 0.3) is 5.91 Å². The number of nitrogens with zero attached hydrogens (tertiary/aromatic N) is 1. The summed E-state index contributed by atoms with van der Waals surface area (Å²) in [4.78, 5) is 17.2. The largest absolute Gasteiger partial charge is 0.356 e. The number of hydrogen-bond donors (Lipinski definition) is 2. The molecule has 0 spiro atoms. The Labute approximate surface area is 109 Å². The highest BCUT2D eigenvalue weighted by Gasteiger charge is 2.36. The van der Waals surface area contributed by atoms with E-state index in [0.29, 0.717) is 17.7 Å². The van der Waals surface area contributed by atoms with E-state index in [1.807, 2.05) is 11.0 Å². The summed E-state index contributed by atoms with van der Waals surface area (Å²) in [5.74, 6) is 0.762. The van der Waals surface area contributed by atoms with Crippen molar-refractivity contribution in [2.24, 2.45) is 5.92 Å². The fourth-order valence-corrected chi connectivity index (χ4v) is 3.22. The summed E-state index contributed by atoms with van der Waals surface area (Å²) in [6, 6.07) is 2.35. The van der Waals surface area contributed by atoms with E-state index < -0.39 is 0 Å². The lowest BCUT2D eigenvalue weighted by Gasteiger charge is -2.24. The van der Waals surface area contributed by atoms with Crippen LogP contribution in [-0.2, 0) is 0 Å². The Kier molecular flexibility index (Phi) is 2.96. The van der Waals surface area contributed by atoms with Gasteiger partial charge in [-0.05, 0) is 47.3 Å². The molecule has 0 unspecified atom stereocenters. The van der Waals surface area contributed by atoms with E-state index in [4.69, 9.17) is 0 Å². The second-order valence-electron chi connectivity index (χ2n) is 4.90. The van der Waals surface area contributed by atoms with Crippen LogP contribution in [0.2, 0.25) is 0 Å². The van der Waals surface area contributed by atoms with Crippen LogP contribution in [0.3, 0.4) is 0 Å². The molecule has 1 aromatic heterocycles. The number of rotatable bonds is 1. The molecule has 0 bridgehead atoms. The third-order valence-electron chi connectivity index (χ3n) is 3.76. The smallest absolute Gasteiger partial charge is 0.270 e. The van der Waals surface area contributed by atoms with Crippen LogP contribution in [0.1, 0.15) is 23.3 Å². The summed E-state index contributed by atoms with van der Waals surface area (Å²) in [5, 5.41) is 3.51. The van der Waals surface area contributed by atoms with Gasteiger partial charge < -0.3 is 15.2 Å². The Morgan fingerprint density at radius 1 is 1.47 bits per heavy atom. The van der Waals surface area contributed by atoms with Crippen LogP contribution in [0.4, 0.5) is 0 Å². The Hall–Kier alpha value is -0.810. The molecular formula is C12H16BrN3O. The highest BCUT2D eigenvalue weighted by molar-refractivity contribution is 9.10. The zero-order chi connectivity index (χ0) is 11.8. The monoisotopic (exact) mass is 297 g/mol. The van der Waals surface area contributed by atoms with Crippen LogP contribution in [0, 0.1) is 5.92 Å². The standard InChI is InChI=1S/C12H16BrN3O/c13-9-4-10(15-5-9)12(17)16-6-8-2-1-3-14-11(8)7-16/h4-5,8,11,14-15H,1-3,6-7H2/t8-,11+/m0/s1. The maximum Gasteiger partial charge on any atom is 0.270 e. The van der Waals surface area contributed by atoms with Crippen molar-refractivity contribution in [2.75, 3.05) is 19.6 Å². The molecule has 5 heteroatoms. The topological polar surface area (TPSA) is 48.1 Å². The van der Waals surface area contributed by atoms with E-state index in [0.717, 1.165) is 24.1 Å². The number of halogens is 1. The van der Waals surface area contributed by atoms with Crippen molar-refractivity contribution in [2.45, 2.75) is 18.9 Å². The number of likely N-dealkylation sites (tertiary alicyclic amines) is 1. The lowest BCUT2D eigenvalue weighted by molar-refractivity contribution is 0.0780. The van der Waals surface area contributed by atoms with Crippen molar-refractivity contribution < 1.29 is 4.79 Å². The summed E-state index contributed by atoms with van der Waals surface area (Å²) in [5.41, 5.74) is 0.676. The summed E-state index contributed by atoms with van der Waals surface area (Å²) in [6.45, 7) is 2.84. The van der Waals surface area contributed by atoms with Gasteiger partial charge >= 0.3 is 0 Å². The number of carbonyl (C=O) groups excluding carboxylic acids is 1. The van der Waals surface area contributed by atoms with Crippen LogP contribution in [-0.4, -0.2) is 41.5 Å². The SMILES string of the molecule is O=C(c1cc(Br)c[nH]1)N1C[C@@H]2CCCN[C@@H]2C1. The highest BCUT2D eigenvalue weighted by atomic mass is 79.9. The third kappa shape index (κ3) is 2.13. The first-order valence-corrected chi connectivity index (χ1v) is 6.90. The van der Waals surface area contributed by atoms with E-state index in [2.05, 4.69) is 26.2 Å². The first-order valence-electron chi connectivity index (χ1n) is 6.10. The lowest BCUT2D eigenvalue weighted by Crippen LogP contribution is -2.41. The molecule has 4 nitrogen and oxygen atoms in total. The minimum atomic E-state index is 0.118. The van der Waals surface area contributed by atoms with E-state index in [-0.39, 0.29) is 5.91 Å². The van der Waals surface area contributed by atoms with Gasteiger partial charge in [0.15, 0.2) is 0 Å². The number of amides is 1. The zero-order valence-electron chi connectivity index (χ0n) is 9.58. The van der Waals surface area contributed by atoms with E-state index >= 15 is 0 Å². The molecule has 1 aromatic rings. The average molecular weight is 298 g/mol. The summed E-state index contributed by atoms with van der Waals surface area (Å²) in [7, 11) is 0. The van der Waals surface area contributed by atoms with Gasteiger partial charge in [-0.25, -0.2) is 0 Å². The predicted octanol–water partition coefficient (Wildman–Crippen LogP) is 1.60. The molecule has 0 aliphatic carbocycles. The molecule has 2 aliphatic heterocycles. The normalized spacial score (nSPS) is 28.2. The summed E-state index contributed by atoms with van der Waals surface area (Å²) >= 11 is 3.36. The summed E-state index contributed by atoms with van der Waals surface area (Å²) < 4.78 is 0.926. The first-order chi connectivity index (χ1) is 8.24. The Morgan fingerprint density at radius 3 is 3.06 bits per heavy atom. The van der Waals surface area contributed by atoms with Gasteiger partial charge in [0, 0.05) is 29.8 Å². The van der Waals surface area contributed by atoms with Gasteiger partial charge in [0.05, 0.1) is 0 Å². The van der Waals surface area contributed by atoms with Crippen molar-refractivity contribution in [3.63, 3.8) is 0 Å². The van der Waals surface area contributed by atoms with Gasteiger partial charge in [-0.2, -0.15) is 0 Å². The van der Waals surface area contributed by atoms with Gasteiger partial charge in [-0.1, -0.05) is 0 Å². The molecule has 0 saturated carbocycles. The molecule has 2 saturated heterocycles. The number of aromatic nitrogens is 1. The Morgan fingerprint density at radius 2 is 2.35 bits per heavy atom. The van der Waals surface area contributed by atoms with Crippen molar-refractivity contribution in [3.05, 3.63) is 22.4 Å². The molecule has 17 heavy (non-hydrogen) atoms. The van der Waals surface area contributed by atoms with Crippen molar-refractivity contribution in [1.82, 2.24) is 15.2 Å². The van der Waals surface area contributed by atoms with Crippen LogP contribution in [0.25, 0.3) is 0 Å². The van der Waals surface area contributed by atoms with Crippen LogP contribution in [0.15, 0.2) is 16.7 Å². The fourth-order valence-electron chi connectivity index (χ4n) is 2.87. The van der Waals surface area contributed by atoms with Crippen molar-refractivity contribution in [3.8, 4) is 0 Å². The maximum atomic E-state index is 12.2. The fraction of sp³-hybridized carbons (Fsp3) is 0.583. The number of H-pyrrole nitrogens is 1. The number of piperidine rings is 1. The van der Waals surface area contributed by atoms with Gasteiger partial charge in [-0.3, -0.25) is 4.79 Å². The predicted molar refractivity (Wildman–Crippen MR) is 68.9 cm³/mol. The van der Waals surface area contributed by atoms with Gasteiger partial charge in [0.1, 0.15) is 5.69 Å². The molecule has 92 valence electrons.